The number of hydrogen-bond donors (Lipinski definition) is 1. The number of hydrogen-bond acceptors (Lipinski definition) is 3. The lowest BCUT2D eigenvalue weighted by atomic mass is 10.0. The van der Waals surface area contributed by atoms with Gasteiger partial charge in [0.2, 0.25) is 5.91 Å². The van der Waals surface area contributed by atoms with E-state index in [1.54, 1.807) is 0 Å². The Kier molecular flexibility index (Phi) is 3.81. The van der Waals surface area contributed by atoms with E-state index in [1.165, 1.54) is 25.7 Å². The van der Waals surface area contributed by atoms with Crippen LogP contribution in [0.4, 0.5) is 0 Å². The van der Waals surface area contributed by atoms with Crippen molar-refractivity contribution in [2.45, 2.75) is 63.6 Å². The molecule has 4 heteroatoms. The van der Waals surface area contributed by atoms with Gasteiger partial charge in [-0.2, -0.15) is 0 Å². The Morgan fingerprint density at radius 3 is 2.74 bits per heavy atom. The first kappa shape index (κ1) is 13.4. The van der Waals surface area contributed by atoms with Crippen LogP contribution in [-0.2, 0) is 9.53 Å². The Morgan fingerprint density at radius 2 is 2.11 bits per heavy atom. The molecule has 1 N–H and O–H groups in total. The van der Waals surface area contributed by atoms with E-state index in [0.29, 0.717) is 18.0 Å². The zero-order valence-electron chi connectivity index (χ0n) is 12.0. The predicted octanol–water partition coefficient (Wildman–Crippen LogP) is 1.89. The van der Waals surface area contributed by atoms with Gasteiger partial charge in [-0.3, -0.25) is 10.1 Å². The van der Waals surface area contributed by atoms with E-state index in [4.69, 9.17) is 4.74 Å². The van der Waals surface area contributed by atoms with Crippen LogP contribution in [0.15, 0.2) is 0 Å². The molecule has 3 aliphatic rings. The fraction of sp³-hybridized carbons (Fsp3) is 0.933. The summed E-state index contributed by atoms with van der Waals surface area (Å²) in [6.07, 6.45) is 8.56. The number of nitrogens with zero attached hydrogens (tertiary/aromatic N) is 1. The van der Waals surface area contributed by atoms with Gasteiger partial charge < -0.3 is 9.64 Å². The van der Waals surface area contributed by atoms with Crippen LogP contribution in [-0.4, -0.2) is 42.3 Å². The van der Waals surface area contributed by atoms with Crippen LogP contribution in [0.1, 0.15) is 51.9 Å². The van der Waals surface area contributed by atoms with Gasteiger partial charge >= 0.3 is 0 Å². The minimum Gasteiger partial charge on any atom is -0.382 e. The highest BCUT2D eigenvalue weighted by Crippen LogP contribution is 2.45. The third-order valence-electron chi connectivity index (χ3n) is 4.92. The third kappa shape index (κ3) is 2.52. The van der Waals surface area contributed by atoms with E-state index in [9.17, 15) is 4.79 Å². The van der Waals surface area contributed by atoms with Crippen LogP contribution in [0.5, 0.6) is 0 Å². The second kappa shape index (κ2) is 5.41. The van der Waals surface area contributed by atoms with Crippen molar-refractivity contribution < 1.29 is 9.53 Å². The Labute approximate surface area is 115 Å². The summed E-state index contributed by atoms with van der Waals surface area (Å²) >= 11 is 0. The summed E-state index contributed by atoms with van der Waals surface area (Å²) in [4.78, 5) is 14.7. The SMILES string of the molecule is CCOCCCN1C(=O)C2(CC2)NC1C1CCCC1. The first-order valence-electron chi connectivity index (χ1n) is 7.93. The molecule has 3 fully saturated rings. The maximum Gasteiger partial charge on any atom is 0.244 e. The zero-order valence-corrected chi connectivity index (χ0v) is 12.0. The molecule has 1 amide bonds. The largest absolute Gasteiger partial charge is 0.382 e. The van der Waals surface area contributed by atoms with Gasteiger partial charge in [0.05, 0.1) is 11.7 Å². The topological polar surface area (TPSA) is 41.6 Å². The van der Waals surface area contributed by atoms with E-state index >= 15 is 0 Å². The normalized spacial score (nSPS) is 29.6. The summed E-state index contributed by atoms with van der Waals surface area (Å²) in [7, 11) is 0. The van der Waals surface area contributed by atoms with Crippen LogP contribution in [0, 0.1) is 5.92 Å². The van der Waals surface area contributed by atoms with E-state index < -0.39 is 0 Å². The van der Waals surface area contributed by atoms with Crippen molar-refractivity contribution >= 4 is 5.91 Å². The van der Waals surface area contributed by atoms with Gasteiger partial charge in [-0.25, -0.2) is 0 Å². The molecule has 108 valence electrons. The van der Waals surface area contributed by atoms with Crippen LogP contribution >= 0.6 is 0 Å². The minimum absolute atomic E-state index is 0.154. The van der Waals surface area contributed by atoms with Gasteiger partial charge in [0.25, 0.3) is 0 Å². The van der Waals surface area contributed by atoms with Gasteiger partial charge in [-0.05, 0) is 44.9 Å². The Bertz CT molecular complexity index is 335. The fourth-order valence-electron chi connectivity index (χ4n) is 3.67. The second-order valence-corrected chi connectivity index (χ2v) is 6.26. The molecule has 0 aromatic heterocycles. The Balaban J connectivity index is 1.61. The molecule has 1 aliphatic heterocycles. The lowest BCUT2D eigenvalue weighted by Gasteiger charge is -2.29. The van der Waals surface area contributed by atoms with Crippen LogP contribution < -0.4 is 5.32 Å². The van der Waals surface area contributed by atoms with E-state index in [2.05, 4.69) is 10.2 Å². The zero-order chi connectivity index (χ0) is 13.3. The van der Waals surface area contributed by atoms with Crippen molar-refractivity contribution in [1.29, 1.82) is 0 Å². The molecular formula is C15H26N2O2. The van der Waals surface area contributed by atoms with Crippen LogP contribution in [0.25, 0.3) is 0 Å². The molecule has 2 saturated carbocycles. The summed E-state index contributed by atoms with van der Waals surface area (Å²) in [5.41, 5.74) is -0.154. The molecule has 1 atom stereocenters. The molecule has 19 heavy (non-hydrogen) atoms. The summed E-state index contributed by atoms with van der Waals surface area (Å²) in [6, 6.07) is 0. The van der Waals surface area contributed by atoms with E-state index in [0.717, 1.165) is 39.0 Å². The van der Waals surface area contributed by atoms with Crippen LogP contribution in [0.3, 0.4) is 0 Å². The molecule has 0 aromatic rings. The number of amides is 1. The average molecular weight is 266 g/mol. The second-order valence-electron chi connectivity index (χ2n) is 6.26. The molecule has 1 spiro atoms. The summed E-state index contributed by atoms with van der Waals surface area (Å²) < 4.78 is 5.40. The molecule has 0 bridgehead atoms. The first-order chi connectivity index (χ1) is 9.27. The van der Waals surface area contributed by atoms with Gasteiger partial charge in [-0.15, -0.1) is 0 Å². The van der Waals surface area contributed by atoms with Crippen LogP contribution in [0.2, 0.25) is 0 Å². The number of ether oxygens (including phenoxy) is 1. The summed E-state index contributed by atoms with van der Waals surface area (Å²) in [5.74, 6) is 1.04. The van der Waals surface area contributed by atoms with Gasteiger partial charge in [-0.1, -0.05) is 12.8 Å². The summed E-state index contributed by atoms with van der Waals surface area (Å²) in [6.45, 7) is 4.41. The fourth-order valence-corrected chi connectivity index (χ4v) is 3.67. The number of rotatable bonds is 6. The lowest BCUT2D eigenvalue weighted by molar-refractivity contribution is -0.131. The highest BCUT2D eigenvalue weighted by Gasteiger charge is 2.60. The Morgan fingerprint density at radius 1 is 1.37 bits per heavy atom. The molecule has 2 aliphatic carbocycles. The molecule has 1 saturated heterocycles. The highest BCUT2D eigenvalue weighted by molar-refractivity contribution is 5.91. The van der Waals surface area contributed by atoms with Gasteiger partial charge in [0, 0.05) is 19.8 Å². The van der Waals surface area contributed by atoms with Crippen molar-refractivity contribution in [2.24, 2.45) is 5.92 Å². The number of carbonyl (C=O) groups excluding carboxylic acids is 1. The van der Waals surface area contributed by atoms with Crippen molar-refractivity contribution in [2.75, 3.05) is 19.8 Å². The number of nitrogens with one attached hydrogen (secondary N) is 1. The van der Waals surface area contributed by atoms with E-state index in [-0.39, 0.29) is 5.54 Å². The van der Waals surface area contributed by atoms with Gasteiger partial charge in [0.1, 0.15) is 0 Å². The first-order valence-corrected chi connectivity index (χ1v) is 7.93. The average Bonchev–Trinajstić information content (AvgIpc) is 2.89. The Hall–Kier alpha value is -0.610. The minimum atomic E-state index is -0.154. The molecule has 0 radical (unpaired) electrons. The van der Waals surface area contributed by atoms with Gasteiger partial charge in [0.15, 0.2) is 0 Å². The molecule has 0 aromatic carbocycles. The lowest BCUT2D eigenvalue weighted by Crippen LogP contribution is -2.43. The molecule has 1 unspecified atom stereocenters. The quantitative estimate of drug-likeness (QED) is 0.747. The molecule has 3 rings (SSSR count). The van der Waals surface area contributed by atoms with Crippen molar-refractivity contribution in [3.8, 4) is 0 Å². The molecular weight excluding hydrogens is 240 g/mol. The molecule has 4 nitrogen and oxygen atoms in total. The maximum absolute atomic E-state index is 12.5. The number of carbonyl (C=O) groups is 1. The monoisotopic (exact) mass is 266 g/mol. The smallest absolute Gasteiger partial charge is 0.244 e. The highest BCUT2D eigenvalue weighted by atomic mass is 16.5. The van der Waals surface area contributed by atoms with Crippen molar-refractivity contribution in [3.63, 3.8) is 0 Å². The standard InChI is InChI=1S/C15H26N2O2/c1-2-19-11-5-10-17-13(12-6-3-4-7-12)16-15(8-9-15)14(17)18/h12-13,16H,2-11H2,1H3. The van der Waals surface area contributed by atoms with Crippen molar-refractivity contribution in [1.82, 2.24) is 10.2 Å². The maximum atomic E-state index is 12.5. The predicted molar refractivity (Wildman–Crippen MR) is 73.7 cm³/mol. The third-order valence-corrected chi connectivity index (χ3v) is 4.92. The van der Waals surface area contributed by atoms with Crippen molar-refractivity contribution in [3.05, 3.63) is 0 Å². The molecule has 1 heterocycles. The van der Waals surface area contributed by atoms with E-state index in [1.807, 2.05) is 6.92 Å². The summed E-state index contributed by atoms with van der Waals surface area (Å²) in [5, 5.41) is 3.66.